The van der Waals surface area contributed by atoms with Crippen molar-refractivity contribution in [2.75, 3.05) is 0 Å². The zero-order valence-corrected chi connectivity index (χ0v) is 5.68. The van der Waals surface area contributed by atoms with Crippen LogP contribution in [0.4, 0.5) is 0 Å². The zero-order valence-electron chi connectivity index (χ0n) is 8.68. The van der Waals surface area contributed by atoms with Gasteiger partial charge in [0.2, 0.25) is 0 Å². The fourth-order valence-electron chi connectivity index (χ4n) is 0.681. The van der Waals surface area contributed by atoms with E-state index in [0.717, 1.165) is 5.69 Å². The van der Waals surface area contributed by atoms with Crippen LogP contribution in [0, 0.1) is 13.8 Å². The van der Waals surface area contributed by atoms with Gasteiger partial charge in [0.15, 0.2) is 11.9 Å². The number of hydrogen-bond donors (Lipinski definition) is 0. The van der Waals surface area contributed by atoms with Crippen molar-refractivity contribution < 1.29 is 8.68 Å². The molecule has 48 valence electrons. The summed E-state index contributed by atoms with van der Waals surface area (Å²) in [6.45, 7) is -0.0608. The molecule has 0 spiro atoms. The van der Waals surface area contributed by atoms with E-state index in [1.165, 1.54) is 0 Å². The molecule has 0 aromatic carbocycles. The lowest BCUT2D eigenvalue weighted by Crippen LogP contribution is -2.31. The van der Waals surface area contributed by atoms with Crippen LogP contribution in [0.3, 0.4) is 0 Å². The molecule has 0 N–H and O–H groups in total. The van der Waals surface area contributed by atoms with Crippen molar-refractivity contribution in [3.05, 3.63) is 29.6 Å². The van der Waals surface area contributed by atoms with Gasteiger partial charge in [-0.3, -0.25) is 0 Å². The number of hydrogen-bond acceptors (Lipinski definition) is 0. The Bertz CT molecular complexity index is 291. The van der Waals surface area contributed by atoms with Gasteiger partial charge in [-0.05, 0) is 12.9 Å². The van der Waals surface area contributed by atoms with Gasteiger partial charge < -0.3 is 0 Å². The maximum absolute atomic E-state index is 7.16. The molecule has 0 atom stereocenters. The first kappa shape index (κ1) is 3.35. The Balaban J connectivity index is 3.14. The number of aromatic nitrogens is 1. The van der Waals surface area contributed by atoms with Crippen LogP contribution in [0.5, 0.6) is 0 Å². The van der Waals surface area contributed by atoms with E-state index >= 15 is 0 Å². The summed E-state index contributed by atoms with van der Waals surface area (Å²) < 4.78 is 23.3. The van der Waals surface area contributed by atoms with Gasteiger partial charge in [0, 0.05) is 22.7 Å². The minimum Gasteiger partial charge on any atom is -0.205 e. The Morgan fingerprint density at radius 1 is 1.56 bits per heavy atom. The van der Waals surface area contributed by atoms with E-state index in [1.807, 2.05) is 24.6 Å². The van der Waals surface area contributed by atoms with E-state index in [-0.39, 0.29) is 0 Å². The standard InChI is InChI=1S/C8H12N/c1-7-4-5-8(2)9(3)6-7/h4-6H,1-3H3/q+1/i1D3. The van der Waals surface area contributed by atoms with Crippen molar-refractivity contribution in [2.24, 2.45) is 7.05 Å². The fourth-order valence-corrected chi connectivity index (χ4v) is 0.681. The Labute approximate surface area is 60.2 Å². The Morgan fingerprint density at radius 2 is 2.33 bits per heavy atom. The fraction of sp³-hybridized carbons (Fsp3) is 0.375. The first-order valence-corrected chi connectivity index (χ1v) is 2.88. The summed E-state index contributed by atoms with van der Waals surface area (Å²) in [5, 5.41) is 0. The molecular formula is C8H12N+. The molecule has 0 saturated carbocycles. The molecule has 0 aliphatic heterocycles. The average molecular weight is 125 g/mol. The van der Waals surface area contributed by atoms with Crippen LogP contribution in [0.2, 0.25) is 0 Å². The summed E-state index contributed by atoms with van der Waals surface area (Å²) in [5.74, 6) is 0. The molecule has 1 aromatic rings. The Morgan fingerprint density at radius 3 is 2.89 bits per heavy atom. The van der Waals surface area contributed by atoms with Crippen molar-refractivity contribution in [1.82, 2.24) is 0 Å². The van der Waals surface area contributed by atoms with E-state index < -0.39 is 6.85 Å². The Hall–Kier alpha value is -0.850. The third kappa shape index (κ3) is 1.28. The van der Waals surface area contributed by atoms with Crippen molar-refractivity contribution in [2.45, 2.75) is 13.8 Å². The molecule has 0 saturated heterocycles. The maximum atomic E-state index is 7.16. The third-order valence-corrected chi connectivity index (χ3v) is 1.39. The molecule has 0 fully saturated rings. The van der Waals surface area contributed by atoms with Crippen molar-refractivity contribution >= 4 is 0 Å². The summed E-state index contributed by atoms with van der Waals surface area (Å²) in [5.41, 5.74) is 1.43. The highest BCUT2D eigenvalue weighted by Gasteiger charge is 1.96. The van der Waals surface area contributed by atoms with E-state index in [1.54, 1.807) is 12.3 Å². The van der Waals surface area contributed by atoms with Crippen molar-refractivity contribution in [3.8, 4) is 0 Å². The van der Waals surface area contributed by atoms with Crippen molar-refractivity contribution in [1.29, 1.82) is 0 Å². The van der Waals surface area contributed by atoms with Crippen LogP contribution >= 0.6 is 0 Å². The van der Waals surface area contributed by atoms with Crippen LogP contribution in [-0.2, 0) is 7.05 Å². The van der Waals surface area contributed by atoms with Crippen LogP contribution in [0.15, 0.2) is 18.3 Å². The molecule has 0 radical (unpaired) electrons. The second-order valence-corrected chi connectivity index (χ2v) is 2.17. The smallest absolute Gasteiger partial charge is 0.177 e. The van der Waals surface area contributed by atoms with Gasteiger partial charge in [-0.15, -0.1) is 0 Å². The lowest BCUT2D eigenvalue weighted by atomic mass is 10.3. The molecule has 0 amide bonds. The zero-order chi connectivity index (χ0) is 9.35. The highest BCUT2D eigenvalue weighted by Crippen LogP contribution is 1.92. The first-order valence-electron chi connectivity index (χ1n) is 4.38. The summed E-state index contributed by atoms with van der Waals surface area (Å²) in [4.78, 5) is 0. The summed E-state index contributed by atoms with van der Waals surface area (Å²) >= 11 is 0. The molecule has 0 aliphatic rings. The molecular weight excluding hydrogens is 110 g/mol. The number of aryl methyl sites for hydroxylation is 3. The van der Waals surface area contributed by atoms with E-state index in [0.29, 0.717) is 5.56 Å². The van der Waals surface area contributed by atoms with Crippen LogP contribution in [0.25, 0.3) is 0 Å². The highest BCUT2D eigenvalue weighted by molar-refractivity contribution is 5.05. The topological polar surface area (TPSA) is 3.88 Å². The quantitative estimate of drug-likeness (QED) is 0.458. The highest BCUT2D eigenvalue weighted by atomic mass is 14.9. The van der Waals surface area contributed by atoms with Crippen molar-refractivity contribution in [3.63, 3.8) is 0 Å². The molecule has 1 heteroatoms. The molecule has 1 heterocycles. The van der Waals surface area contributed by atoms with E-state index in [4.69, 9.17) is 4.11 Å². The SMILES string of the molecule is [2H]C([2H])([2H])c1ccc(C)[n+](C)c1. The van der Waals surface area contributed by atoms with Gasteiger partial charge >= 0.3 is 0 Å². The lowest BCUT2D eigenvalue weighted by molar-refractivity contribution is -0.678. The number of pyridine rings is 1. The van der Waals surface area contributed by atoms with Gasteiger partial charge in [-0.25, -0.2) is 4.57 Å². The maximum Gasteiger partial charge on any atom is 0.177 e. The number of nitrogens with zero attached hydrogens (tertiary/aromatic N) is 1. The van der Waals surface area contributed by atoms with Crippen LogP contribution < -0.4 is 4.57 Å². The van der Waals surface area contributed by atoms with Crippen LogP contribution in [0.1, 0.15) is 15.4 Å². The van der Waals surface area contributed by atoms with Gasteiger partial charge in [0.1, 0.15) is 7.05 Å². The predicted molar refractivity (Wildman–Crippen MR) is 37.1 cm³/mol. The molecule has 1 rings (SSSR count). The molecule has 9 heavy (non-hydrogen) atoms. The Kier molecular flexibility index (Phi) is 0.810. The predicted octanol–water partition coefficient (Wildman–Crippen LogP) is 1.13. The second kappa shape index (κ2) is 2.18. The molecule has 0 unspecified atom stereocenters. The summed E-state index contributed by atoms with van der Waals surface area (Å²) in [7, 11) is 1.84. The van der Waals surface area contributed by atoms with Crippen LogP contribution in [-0.4, -0.2) is 0 Å². The normalized spacial score (nSPS) is 16.0. The molecule has 1 nitrogen and oxygen atoms in total. The summed E-state index contributed by atoms with van der Waals surface area (Å²) in [6, 6.07) is 3.45. The molecule has 0 aliphatic carbocycles. The minimum atomic E-state index is -1.99. The van der Waals surface area contributed by atoms with Gasteiger partial charge in [-0.1, -0.05) is 0 Å². The van der Waals surface area contributed by atoms with E-state index in [2.05, 4.69) is 0 Å². The van der Waals surface area contributed by atoms with Gasteiger partial charge in [-0.2, -0.15) is 0 Å². The molecule has 0 bridgehead atoms. The average Bonchev–Trinajstić information content (AvgIpc) is 1.92. The third-order valence-electron chi connectivity index (χ3n) is 1.39. The first-order chi connectivity index (χ1) is 5.41. The van der Waals surface area contributed by atoms with Gasteiger partial charge in [0.25, 0.3) is 0 Å². The van der Waals surface area contributed by atoms with E-state index in [9.17, 15) is 0 Å². The minimum absolute atomic E-state index is 0.385. The lowest BCUT2D eigenvalue weighted by Gasteiger charge is -1.92. The molecule has 1 aromatic heterocycles. The summed E-state index contributed by atoms with van der Waals surface area (Å²) in [6.07, 6.45) is 1.64. The monoisotopic (exact) mass is 125 g/mol. The largest absolute Gasteiger partial charge is 0.205 e. The van der Waals surface area contributed by atoms with Gasteiger partial charge in [0.05, 0.1) is 0 Å². The number of rotatable bonds is 0. The second-order valence-electron chi connectivity index (χ2n) is 2.17.